The first-order valence-corrected chi connectivity index (χ1v) is 10.3. The number of fused-ring (bicyclic) bond motifs is 1. The molecule has 3 aromatic rings. The van der Waals surface area contributed by atoms with Crippen molar-refractivity contribution in [1.82, 2.24) is 24.5 Å². The average molecular weight is 412 g/mol. The molecule has 0 spiro atoms. The van der Waals surface area contributed by atoms with Gasteiger partial charge in [0.15, 0.2) is 0 Å². The predicted octanol–water partition coefficient (Wildman–Crippen LogP) is 3.15. The van der Waals surface area contributed by atoms with Gasteiger partial charge in [-0.25, -0.2) is 9.48 Å². The van der Waals surface area contributed by atoms with E-state index in [0.29, 0.717) is 13.0 Å². The van der Waals surface area contributed by atoms with Gasteiger partial charge in [0.1, 0.15) is 11.3 Å². The quantitative estimate of drug-likeness (QED) is 0.700. The fourth-order valence-electron chi connectivity index (χ4n) is 4.11. The lowest BCUT2D eigenvalue weighted by molar-refractivity contribution is -0.00155. The monoisotopic (exact) mass is 411 g/mol. The summed E-state index contributed by atoms with van der Waals surface area (Å²) >= 11 is 0. The van der Waals surface area contributed by atoms with Crippen molar-refractivity contribution < 1.29 is 14.6 Å². The second kappa shape index (κ2) is 7.43. The van der Waals surface area contributed by atoms with Crippen molar-refractivity contribution in [1.29, 1.82) is 0 Å². The fraction of sp³-hybridized carbons (Fsp3) is 0.500. The van der Waals surface area contributed by atoms with Crippen LogP contribution in [0.3, 0.4) is 0 Å². The van der Waals surface area contributed by atoms with E-state index in [1.807, 2.05) is 44.9 Å². The highest BCUT2D eigenvalue weighted by molar-refractivity contribution is 5.82. The number of aromatic nitrogens is 4. The summed E-state index contributed by atoms with van der Waals surface area (Å²) in [5.74, 6) is -0.0506. The lowest BCUT2D eigenvalue weighted by Gasteiger charge is -2.37. The van der Waals surface area contributed by atoms with E-state index in [1.54, 1.807) is 15.8 Å². The second-order valence-corrected chi connectivity index (χ2v) is 9.09. The predicted molar refractivity (Wildman–Crippen MR) is 114 cm³/mol. The van der Waals surface area contributed by atoms with Crippen LogP contribution in [-0.4, -0.2) is 60.5 Å². The van der Waals surface area contributed by atoms with E-state index in [9.17, 15) is 9.90 Å². The first-order valence-electron chi connectivity index (χ1n) is 10.3. The zero-order chi connectivity index (χ0) is 21.6. The number of likely N-dealkylation sites (tertiary alicyclic amines) is 1. The molecular weight excluding hydrogens is 382 g/mol. The molecule has 8 nitrogen and oxygen atoms in total. The Labute approximate surface area is 176 Å². The van der Waals surface area contributed by atoms with Crippen LogP contribution in [0.4, 0.5) is 4.79 Å². The van der Waals surface area contributed by atoms with Gasteiger partial charge in [-0.1, -0.05) is 0 Å². The smallest absolute Gasteiger partial charge is 0.410 e. The average Bonchev–Trinajstić information content (AvgIpc) is 3.25. The number of amides is 1. The molecule has 1 N–H and O–H groups in total. The molecule has 160 valence electrons. The molecule has 0 radical (unpaired) electrons. The summed E-state index contributed by atoms with van der Waals surface area (Å²) in [6.07, 6.45) is 5.19. The number of hydrogen-bond acceptors (Lipinski definition) is 5. The maximum Gasteiger partial charge on any atom is 0.410 e. The number of nitrogens with zero attached hydrogens (tertiary/aromatic N) is 5. The van der Waals surface area contributed by atoms with Gasteiger partial charge in [0.25, 0.3) is 0 Å². The Hall–Kier alpha value is -2.87. The van der Waals surface area contributed by atoms with Crippen LogP contribution in [0.1, 0.15) is 44.2 Å². The van der Waals surface area contributed by atoms with Gasteiger partial charge < -0.3 is 14.7 Å². The number of piperidine rings is 1. The number of rotatable bonds is 2. The van der Waals surface area contributed by atoms with Crippen LogP contribution in [0.5, 0.6) is 0 Å². The van der Waals surface area contributed by atoms with Crippen molar-refractivity contribution in [2.75, 3.05) is 13.1 Å². The molecule has 8 heteroatoms. The number of β-amino-alcohol motifs (C(OH)–C–C–N with tert-alkyl or cyclic N) is 1. The van der Waals surface area contributed by atoms with Gasteiger partial charge in [0.05, 0.1) is 36.8 Å². The Morgan fingerprint density at radius 1 is 1.23 bits per heavy atom. The standard InChI is InChI=1S/C22H29N5O3/c1-14-8-15-10-24-27(16-11-23-25(5)12-16)19(15)9-18(14)17-6-7-26(13-20(17)28)21(29)30-22(2,3)4/h8-12,17,20,28H,6-7,13H2,1-5H3/t17-,20+/m1/s1. The van der Waals surface area contributed by atoms with Crippen LogP contribution in [0.2, 0.25) is 0 Å². The maximum absolute atomic E-state index is 12.4. The minimum absolute atomic E-state index is 0.0506. The summed E-state index contributed by atoms with van der Waals surface area (Å²) in [5, 5.41) is 20.7. The molecule has 0 bridgehead atoms. The fourth-order valence-corrected chi connectivity index (χ4v) is 4.11. The minimum atomic E-state index is -0.655. The van der Waals surface area contributed by atoms with Crippen molar-refractivity contribution in [2.24, 2.45) is 7.05 Å². The van der Waals surface area contributed by atoms with E-state index in [1.165, 1.54) is 0 Å². The van der Waals surface area contributed by atoms with E-state index >= 15 is 0 Å². The summed E-state index contributed by atoms with van der Waals surface area (Å²) in [7, 11) is 1.87. The Balaban J connectivity index is 1.60. The lowest BCUT2D eigenvalue weighted by Crippen LogP contribution is -2.47. The molecule has 2 aromatic heterocycles. The third kappa shape index (κ3) is 3.92. The molecule has 30 heavy (non-hydrogen) atoms. The zero-order valence-electron chi connectivity index (χ0n) is 18.2. The molecule has 4 rings (SSSR count). The number of carbonyl (C=O) groups excluding carboxylic acids is 1. The summed E-state index contributed by atoms with van der Waals surface area (Å²) in [6, 6.07) is 4.22. The molecule has 3 heterocycles. The van der Waals surface area contributed by atoms with Crippen LogP contribution in [-0.2, 0) is 11.8 Å². The van der Waals surface area contributed by atoms with E-state index in [2.05, 4.69) is 29.3 Å². The zero-order valence-corrected chi connectivity index (χ0v) is 18.2. The minimum Gasteiger partial charge on any atom is -0.444 e. The van der Waals surface area contributed by atoms with E-state index < -0.39 is 11.7 Å². The molecule has 1 amide bonds. The third-order valence-electron chi connectivity index (χ3n) is 5.52. The number of aryl methyl sites for hydroxylation is 2. The van der Waals surface area contributed by atoms with Crippen LogP contribution < -0.4 is 0 Å². The summed E-state index contributed by atoms with van der Waals surface area (Å²) in [4.78, 5) is 14.0. The van der Waals surface area contributed by atoms with Crippen LogP contribution >= 0.6 is 0 Å². The number of hydrogen-bond donors (Lipinski definition) is 1. The van der Waals surface area contributed by atoms with Gasteiger partial charge in [-0.15, -0.1) is 0 Å². The molecule has 1 aromatic carbocycles. The van der Waals surface area contributed by atoms with Gasteiger partial charge in [0, 0.05) is 24.9 Å². The van der Waals surface area contributed by atoms with Crippen LogP contribution in [0.25, 0.3) is 16.6 Å². The normalized spacial score (nSPS) is 20.0. The van der Waals surface area contributed by atoms with E-state index in [-0.39, 0.29) is 18.6 Å². The maximum atomic E-state index is 12.4. The van der Waals surface area contributed by atoms with Crippen molar-refractivity contribution in [3.63, 3.8) is 0 Å². The molecule has 0 saturated carbocycles. The topological polar surface area (TPSA) is 85.4 Å². The van der Waals surface area contributed by atoms with Crippen LogP contribution in [0, 0.1) is 6.92 Å². The molecule has 2 atom stereocenters. The molecule has 1 aliphatic rings. The highest BCUT2D eigenvalue weighted by Crippen LogP contribution is 2.34. The van der Waals surface area contributed by atoms with E-state index in [4.69, 9.17) is 4.74 Å². The Bertz CT molecular complexity index is 1080. The van der Waals surface area contributed by atoms with Gasteiger partial charge in [0.2, 0.25) is 0 Å². The number of ether oxygens (including phenoxy) is 1. The molecular formula is C22H29N5O3. The van der Waals surface area contributed by atoms with Crippen LogP contribution in [0.15, 0.2) is 30.7 Å². The largest absolute Gasteiger partial charge is 0.444 e. The molecule has 0 unspecified atom stereocenters. The molecule has 0 aliphatic carbocycles. The summed E-state index contributed by atoms with van der Waals surface area (Å²) in [5.41, 5.74) is 3.52. The van der Waals surface area contributed by atoms with Gasteiger partial charge in [-0.2, -0.15) is 10.2 Å². The molecule has 1 saturated heterocycles. The van der Waals surface area contributed by atoms with Gasteiger partial charge in [-0.05, 0) is 57.4 Å². The number of carbonyl (C=O) groups is 1. The molecule has 1 aliphatic heterocycles. The SMILES string of the molecule is Cc1cc2cnn(-c3cnn(C)c3)c2cc1[C@H]1CCN(C(=O)OC(C)(C)C)C[C@@H]1O. The first kappa shape index (κ1) is 20.4. The van der Waals surface area contributed by atoms with Crippen molar-refractivity contribution in [2.45, 2.75) is 51.7 Å². The highest BCUT2D eigenvalue weighted by Gasteiger charge is 2.34. The third-order valence-corrected chi connectivity index (χ3v) is 5.52. The first-order chi connectivity index (χ1) is 14.1. The lowest BCUT2D eigenvalue weighted by atomic mass is 9.84. The van der Waals surface area contributed by atoms with Crippen molar-refractivity contribution >= 4 is 17.0 Å². The Morgan fingerprint density at radius 3 is 2.63 bits per heavy atom. The van der Waals surface area contributed by atoms with Crippen molar-refractivity contribution in [3.8, 4) is 5.69 Å². The van der Waals surface area contributed by atoms with Crippen molar-refractivity contribution in [3.05, 3.63) is 41.9 Å². The Morgan fingerprint density at radius 2 is 2.00 bits per heavy atom. The Kier molecular flexibility index (Phi) is 5.05. The second-order valence-electron chi connectivity index (χ2n) is 9.09. The van der Waals surface area contributed by atoms with Gasteiger partial charge >= 0.3 is 6.09 Å². The van der Waals surface area contributed by atoms with E-state index in [0.717, 1.165) is 27.7 Å². The summed E-state index contributed by atoms with van der Waals surface area (Å²) in [6.45, 7) is 8.41. The number of benzene rings is 1. The number of aliphatic hydroxyl groups excluding tert-OH is 1. The van der Waals surface area contributed by atoms with Gasteiger partial charge in [-0.3, -0.25) is 4.68 Å². The number of aliphatic hydroxyl groups is 1. The highest BCUT2D eigenvalue weighted by atomic mass is 16.6. The summed E-state index contributed by atoms with van der Waals surface area (Å²) < 4.78 is 9.07. The molecule has 1 fully saturated rings.